The van der Waals surface area contributed by atoms with Gasteiger partial charge in [-0.25, -0.2) is 0 Å². The van der Waals surface area contributed by atoms with Gasteiger partial charge in [-0.2, -0.15) is 13.2 Å². The van der Waals surface area contributed by atoms with Crippen LogP contribution in [0.25, 0.3) is 0 Å². The zero-order valence-corrected chi connectivity index (χ0v) is 22.3. The number of carbonyl (C=O) groups excluding carboxylic acids is 2. The lowest BCUT2D eigenvalue weighted by molar-refractivity contribution is -0.137. The first-order valence-electron chi connectivity index (χ1n) is 13.4. The third kappa shape index (κ3) is 7.26. The average molecular weight is 551 g/mol. The molecule has 2 aliphatic heterocycles. The van der Waals surface area contributed by atoms with Crippen LogP contribution < -0.4 is 10.6 Å². The first-order valence-corrected chi connectivity index (χ1v) is 13.4. The number of ether oxygens (including phenoxy) is 1. The Bertz CT molecular complexity index is 1100. The number of hydrogen-bond donors (Lipinski definition) is 3. The summed E-state index contributed by atoms with van der Waals surface area (Å²) in [6, 6.07) is 4.28. The summed E-state index contributed by atoms with van der Waals surface area (Å²) in [5.74, 6) is -0.874. The van der Waals surface area contributed by atoms with Gasteiger partial charge in [-0.1, -0.05) is 19.1 Å². The van der Waals surface area contributed by atoms with Crippen molar-refractivity contribution in [1.82, 2.24) is 15.5 Å². The van der Waals surface area contributed by atoms with Crippen molar-refractivity contribution in [2.75, 3.05) is 33.4 Å². The summed E-state index contributed by atoms with van der Waals surface area (Å²) in [6.07, 6.45) is 3.05. The molecule has 39 heavy (non-hydrogen) atoms. The molecule has 214 valence electrons. The highest BCUT2D eigenvalue weighted by atomic mass is 19.4. The summed E-state index contributed by atoms with van der Waals surface area (Å²) in [5, 5.41) is 17.4. The van der Waals surface area contributed by atoms with E-state index in [1.54, 1.807) is 12.0 Å². The molecule has 0 spiro atoms. The highest BCUT2D eigenvalue weighted by Gasteiger charge is 2.43. The number of carbonyl (C=O) groups is 2. The fraction of sp³-hybridized carbons (Fsp3) is 0.607. The molecule has 0 aromatic heterocycles. The number of rotatable bonds is 8. The van der Waals surface area contributed by atoms with E-state index in [0.29, 0.717) is 32.5 Å². The molecule has 2 amide bonds. The minimum Gasteiger partial charge on any atom is -0.388 e. The van der Waals surface area contributed by atoms with E-state index in [9.17, 15) is 27.9 Å². The lowest BCUT2D eigenvalue weighted by Gasteiger charge is -2.43. The minimum absolute atomic E-state index is 0.107. The summed E-state index contributed by atoms with van der Waals surface area (Å²) in [4.78, 5) is 31.3. The molecule has 3 N–H and O–H groups in total. The quantitative estimate of drug-likeness (QED) is 0.462. The summed E-state index contributed by atoms with van der Waals surface area (Å²) < 4.78 is 43.9. The topological polar surface area (TPSA) is 103 Å². The van der Waals surface area contributed by atoms with E-state index in [4.69, 9.17) is 4.74 Å². The molecule has 2 heterocycles. The minimum atomic E-state index is -4.55. The van der Waals surface area contributed by atoms with E-state index in [2.05, 4.69) is 28.6 Å². The number of aliphatic imine (C=N–C) groups is 1. The zero-order valence-electron chi connectivity index (χ0n) is 22.3. The number of halogens is 3. The number of likely N-dealkylation sites (tertiary alicyclic amines) is 1. The standard InChI is InChI=1S/C28H37F3N4O4/c1-18-12-19(17-39-2)14-32-25(18)27(38)9-6-22(7-10-27)34-23-8-11-35(16-23)24(36)15-33-26(37)20-4-3-5-21(13-20)28(29,30)31/h3-5,12-14,18,22-23,25,34,38H,6-11,15-17H2,1-2H3,(H,33,37). The Morgan fingerprint density at radius 2 is 1.95 bits per heavy atom. The molecule has 1 saturated heterocycles. The van der Waals surface area contributed by atoms with Gasteiger partial charge in [0.1, 0.15) is 0 Å². The molecule has 0 radical (unpaired) electrons. The Kier molecular flexibility index (Phi) is 9.13. The van der Waals surface area contributed by atoms with Crippen LogP contribution in [0.2, 0.25) is 0 Å². The molecule has 3 unspecified atom stereocenters. The number of hydrogen-bond acceptors (Lipinski definition) is 6. The summed E-state index contributed by atoms with van der Waals surface area (Å²) in [5.41, 5.74) is -0.880. The van der Waals surface area contributed by atoms with Crippen LogP contribution in [0, 0.1) is 5.92 Å². The van der Waals surface area contributed by atoms with Crippen molar-refractivity contribution < 1.29 is 32.6 Å². The maximum atomic E-state index is 12.9. The van der Waals surface area contributed by atoms with E-state index >= 15 is 0 Å². The fourth-order valence-corrected chi connectivity index (χ4v) is 5.91. The van der Waals surface area contributed by atoms with Crippen LogP contribution in [0.4, 0.5) is 13.2 Å². The maximum Gasteiger partial charge on any atom is 0.416 e. The normalized spacial score (nSPS) is 29.3. The number of nitrogens with zero attached hydrogens (tertiary/aromatic N) is 2. The lowest BCUT2D eigenvalue weighted by Crippen LogP contribution is -2.52. The van der Waals surface area contributed by atoms with Crippen molar-refractivity contribution in [3.8, 4) is 0 Å². The van der Waals surface area contributed by atoms with E-state index < -0.39 is 23.2 Å². The number of dihydropyridines is 1. The van der Waals surface area contributed by atoms with Crippen LogP contribution in [0.15, 0.2) is 40.9 Å². The largest absolute Gasteiger partial charge is 0.416 e. The van der Waals surface area contributed by atoms with E-state index in [-0.39, 0.29) is 42.1 Å². The number of alkyl halides is 3. The Morgan fingerprint density at radius 1 is 1.21 bits per heavy atom. The van der Waals surface area contributed by atoms with Crippen molar-refractivity contribution in [1.29, 1.82) is 0 Å². The Balaban J connectivity index is 1.20. The number of amides is 2. The smallest absolute Gasteiger partial charge is 0.388 e. The molecule has 4 rings (SSSR count). The van der Waals surface area contributed by atoms with Crippen LogP contribution in [0.1, 0.15) is 54.9 Å². The SMILES string of the molecule is COCC1=CC(C)C(C2(O)CCC(NC3CCN(C(=O)CNC(=O)c4cccc(C(F)(F)F)c4)C3)CC2)N=C1. The van der Waals surface area contributed by atoms with Gasteiger partial charge < -0.3 is 25.4 Å². The molecule has 2 fully saturated rings. The molecule has 1 saturated carbocycles. The van der Waals surface area contributed by atoms with Crippen molar-refractivity contribution in [2.45, 2.75) is 68.9 Å². The van der Waals surface area contributed by atoms with Gasteiger partial charge in [0, 0.05) is 44.1 Å². The number of aliphatic hydroxyl groups is 1. The van der Waals surface area contributed by atoms with Crippen LogP contribution in [-0.4, -0.2) is 85.1 Å². The zero-order chi connectivity index (χ0) is 28.2. The molecule has 8 nitrogen and oxygen atoms in total. The molecule has 3 aliphatic rings. The molecular weight excluding hydrogens is 513 g/mol. The highest BCUT2D eigenvalue weighted by molar-refractivity contribution is 5.96. The molecule has 1 aromatic rings. The fourth-order valence-electron chi connectivity index (χ4n) is 5.91. The summed E-state index contributed by atoms with van der Waals surface area (Å²) >= 11 is 0. The second-order valence-electron chi connectivity index (χ2n) is 10.9. The van der Waals surface area contributed by atoms with Gasteiger partial charge in [-0.15, -0.1) is 0 Å². The van der Waals surface area contributed by atoms with E-state index in [0.717, 1.165) is 37.0 Å². The van der Waals surface area contributed by atoms with Crippen molar-refractivity contribution in [3.05, 3.63) is 47.0 Å². The molecular formula is C28H37F3N4O4. The Morgan fingerprint density at radius 3 is 2.62 bits per heavy atom. The van der Waals surface area contributed by atoms with Gasteiger partial charge in [0.05, 0.1) is 30.4 Å². The van der Waals surface area contributed by atoms with Gasteiger partial charge in [-0.3, -0.25) is 14.6 Å². The summed E-state index contributed by atoms with van der Waals surface area (Å²) in [7, 11) is 1.65. The van der Waals surface area contributed by atoms with Gasteiger partial charge in [0.25, 0.3) is 5.91 Å². The Hall–Kier alpha value is -2.76. The van der Waals surface area contributed by atoms with Gasteiger partial charge in [0.15, 0.2) is 0 Å². The summed E-state index contributed by atoms with van der Waals surface area (Å²) in [6.45, 7) is 3.34. The number of nitrogens with one attached hydrogen (secondary N) is 2. The first-order chi connectivity index (χ1) is 18.5. The van der Waals surface area contributed by atoms with Crippen LogP contribution >= 0.6 is 0 Å². The molecule has 11 heteroatoms. The van der Waals surface area contributed by atoms with E-state index in [1.165, 1.54) is 12.1 Å². The van der Waals surface area contributed by atoms with Crippen molar-refractivity contribution in [3.63, 3.8) is 0 Å². The van der Waals surface area contributed by atoms with Crippen molar-refractivity contribution in [2.24, 2.45) is 10.9 Å². The molecule has 0 bridgehead atoms. The van der Waals surface area contributed by atoms with Crippen LogP contribution in [0.3, 0.4) is 0 Å². The Labute approximate surface area is 226 Å². The lowest BCUT2D eigenvalue weighted by atomic mass is 9.73. The van der Waals surface area contributed by atoms with Gasteiger partial charge in [-0.05, 0) is 61.8 Å². The first kappa shape index (κ1) is 29.2. The predicted molar refractivity (Wildman–Crippen MR) is 141 cm³/mol. The number of methoxy groups -OCH3 is 1. The molecule has 1 aliphatic carbocycles. The van der Waals surface area contributed by atoms with Crippen molar-refractivity contribution >= 4 is 18.0 Å². The van der Waals surface area contributed by atoms with Gasteiger partial charge in [0.2, 0.25) is 5.91 Å². The second kappa shape index (κ2) is 12.2. The monoisotopic (exact) mass is 550 g/mol. The average Bonchev–Trinajstić information content (AvgIpc) is 3.37. The van der Waals surface area contributed by atoms with Gasteiger partial charge >= 0.3 is 6.18 Å². The van der Waals surface area contributed by atoms with Crippen LogP contribution in [0.5, 0.6) is 0 Å². The van der Waals surface area contributed by atoms with Crippen LogP contribution in [-0.2, 0) is 15.7 Å². The van der Waals surface area contributed by atoms with E-state index in [1.807, 2.05) is 6.21 Å². The third-order valence-corrected chi connectivity index (χ3v) is 7.95. The molecule has 1 aromatic carbocycles. The predicted octanol–water partition coefficient (Wildman–Crippen LogP) is 2.96. The molecule has 3 atom stereocenters. The number of benzene rings is 1. The maximum absolute atomic E-state index is 12.9. The third-order valence-electron chi connectivity index (χ3n) is 7.95. The second-order valence-corrected chi connectivity index (χ2v) is 10.9. The highest BCUT2D eigenvalue weighted by Crippen LogP contribution is 2.38.